The molecular weight excluding hydrogens is 276 g/mol. The van der Waals surface area contributed by atoms with Gasteiger partial charge < -0.3 is 15.3 Å². The Bertz CT molecular complexity index is 516. The van der Waals surface area contributed by atoms with Crippen molar-refractivity contribution in [3.63, 3.8) is 0 Å². The van der Waals surface area contributed by atoms with Gasteiger partial charge in [-0.05, 0) is 51.0 Å². The molecule has 1 aliphatic carbocycles. The summed E-state index contributed by atoms with van der Waals surface area (Å²) in [6.45, 7) is 6.51. The molecule has 1 saturated carbocycles. The molecule has 2 rings (SSSR count). The van der Waals surface area contributed by atoms with E-state index in [1.54, 1.807) is 18.9 Å². The van der Waals surface area contributed by atoms with Crippen molar-refractivity contribution in [1.82, 2.24) is 10.2 Å². The fourth-order valence-electron chi connectivity index (χ4n) is 2.95. The van der Waals surface area contributed by atoms with Crippen LogP contribution in [0.1, 0.15) is 43.7 Å². The molecule has 0 aliphatic heterocycles. The molecule has 0 bridgehead atoms. The van der Waals surface area contributed by atoms with Crippen LogP contribution in [0.15, 0.2) is 24.3 Å². The molecule has 4 heteroatoms. The van der Waals surface area contributed by atoms with Crippen molar-refractivity contribution in [2.75, 3.05) is 13.6 Å². The van der Waals surface area contributed by atoms with Gasteiger partial charge in [0.25, 0.3) is 0 Å². The van der Waals surface area contributed by atoms with Gasteiger partial charge in [0.1, 0.15) is 0 Å². The smallest absolute Gasteiger partial charge is 0.317 e. The first-order valence-electron chi connectivity index (χ1n) is 8.14. The molecule has 0 spiro atoms. The molecule has 4 atom stereocenters. The van der Waals surface area contributed by atoms with E-state index in [9.17, 15) is 9.90 Å². The monoisotopic (exact) mass is 304 g/mol. The number of nitrogens with zero attached hydrogens (tertiary/aromatic N) is 1. The molecule has 0 unspecified atom stereocenters. The van der Waals surface area contributed by atoms with Gasteiger partial charge in [-0.3, -0.25) is 0 Å². The van der Waals surface area contributed by atoms with Crippen molar-refractivity contribution in [2.45, 2.75) is 51.7 Å². The van der Waals surface area contributed by atoms with Crippen LogP contribution < -0.4 is 5.32 Å². The average Bonchev–Trinajstić information content (AvgIpc) is 3.25. The number of amides is 2. The zero-order chi connectivity index (χ0) is 16.3. The van der Waals surface area contributed by atoms with E-state index in [-0.39, 0.29) is 18.2 Å². The van der Waals surface area contributed by atoms with Gasteiger partial charge in [0.15, 0.2) is 0 Å². The Morgan fingerprint density at radius 3 is 2.82 bits per heavy atom. The number of carbonyl (C=O) groups is 1. The molecule has 2 amide bonds. The first kappa shape index (κ1) is 16.8. The van der Waals surface area contributed by atoms with E-state index >= 15 is 0 Å². The predicted octanol–water partition coefficient (Wildman–Crippen LogP) is 2.90. The van der Waals surface area contributed by atoms with Crippen LogP contribution in [0.3, 0.4) is 0 Å². The minimum Gasteiger partial charge on any atom is -0.393 e. The Morgan fingerprint density at radius 2 is 2.18 bits per heavy atom. The van der Waals surface area contributed by atoms with E-state index in [0.29, 0.717) is 24.8 Å². The van der Waals surface area contributed by atoms with E-state index in [4.69, 9.17) is 0 Å². The maximum atomic E-state index is 12.1. The van der Waals surface area contributed by atoms with Gasteiger partial charge in [-0.25, -0.2) is 4.79 Å². The van der Waals surface area contributed by atoms with Gasteiger partial charge in [0.05, 0.1) is 6.10 Å². The lowest BCUT2D eigenvalue weighted by Gasteiger charge is -2.22. The summed E-state index contributed by atoms with van der Waals surface area (Å²) in [6.07, 6.45) is 1.37. The van der Waals surface area contributed by atoms with Crippen LogP contribution in [-0.2, 0) is 0 Å². The van der Waals surface area contributed by atoms with Crippen LogP contribution >= 0.6 is 0 Å². The summed E-state index contributed by atoms with van der Waals surface area (Å²) in [7, 11) is 1.77. The van der Waals surface area contributed by atoms with E-state index in [1.807, 2.05) is 0 Å². The molecule has 1 fully saturated rings. The number of nitrogens with one attached hydrogen (secondary N) is 1. The summed E-state index contributed by atoms with van der Waals surface area (Å²) >= 11 is 0. The largest absolute Gasteiger partial charge is 0.393 e. The van der Waals surface area contributed by atoms with Crippen molar-refractivity contribution in [3.05, 3.63) is 35.4 Å². The molecule has 0 saturated heterocycles. The number of aliphatic hydroxyl groups excluding tert-OH is 1. The molecular formula is C18H28N2O2. The molecule has 4 nitrogen and oxygen atoms in total. The first-order chi connectivity index (χ1) is 10.4. The Balaban J connectivity index is 1.81. The van der Waals surface area contributed by atoms with Crippen LogP contribution in [0.25, 0.3) is 0 Å². The highest BCUT2D eigenvalue weighted by Gasteiger charge is 2.42. The normalized spacial score (nSPS) is 22.8. The second kappa shape index (κ2) is 7.14. The van der Waals surface area contributed by atoms with Gasteiger partial charge in [-0.1, -0.05) is 29.8 Å². The molecule has 2 N–H and O–H groups in total. The Hall–Kier alpha value is -1.55. The van der Waals surface area contributed by atoms with Crippen LogP contribution in [0.4, 0.5) is 4.79 Å². The number of aryl methyl sites for hydroxylation is 1. The maximum Gasteiger partial charge on any atom is 0.317 e. The van der Waals surface area contributed by atoms with Gasteiger partial charge in [0, 0.05) is 19.6 Å². The summed E-state index contributed by atoms with van der Waals surface area (Å²) < 4.78 is 0. The number of rotatable bonds is 6. The Morgan fingerprint density at radius 1 is 1.45 bits per heavy atom. The third-order valence-electron chi connectivity index (χ3n) is 4.53. The van der Waals surface area contributed by atoms with Crippen LogP contribution in [0.5, 0.6) is 0 Å². The number of benzene rings is 1. The highest BCUT2D eigenvalue weighted by Crippen LogP contribution is 2.49. The lowest BCUT2D eigenvalue weighted by Crippen LogP contribution is -2.43. The Labute approximate surface area is 133 Å². The van der Waals surface area contributed by atoms with Gasteiger partial charge in [0.2, 0.25) is 0 Å². The second-order valence-electron chi connectivity index (χ2n) is 6.72. The quantitative estimate of drug-likeness (QED) is 0.849. The first-order valence-corrected chi connectivity index (χ1v) is 8.14. The fraction of sp³-hybridized carbons (Fsp3) is 0.611. The van der Waals surface area contributed by atoms with Gasteiger partial charge in [-0.15, -0.1) is 0 Å². The highest BCUT2D eigenvalue weighted by atomic mass is 16.3. The van der Waals surface area contributed by atoms with Crippen molar-refractivity contribution >= 4 is 6.03 Å². The lowest BCUT2D eigenvalue weighted by molar-refractivity contribution is 0.162. The zero-order valence-corrected chi connectivity index (χ0v) is 14.0. The number of hydrogen-bond acceptors (Lipinski definition) is 2. The van der Waals surface area contributed by atoms with E-state index in [2.05, 4.69) is 43.4 Å². The number of carbonyl (C=O) groups excluding carboxylic acids is 1. The van der Waals surface area contributed by atoms with Gasteiger partial charge in [-0.2, -0.15) is 0 Å². The zero-order valence-electron chi connectivity index (χ0n) is 14.0. The average molecular weight is 304 g/mol. The molecule has 0 heterocycles. The summed E-state index contributed by atoms with van der Waals surface area (Å²) in [5.41, 5.74) is 2.67. The van der Waals surface area contributed by atoms with Crippen LogP contribution in [0.2, 0.25) is 0 Å². The SMILES string of the molecule is Cc1cccc([C@@H]2C[C@@H]2[C@@H](C)NC(=O)N(C)CC[C@H](C)O)c1. The third-order valence-corrected chi connectivity index (χ3v) is 4.53. The van der Waals surface area contributed by atoms with Crippen molar-refractivity contribution < 1.29 is 9.90 Å². The molecule has 1 aromatic rings. The topological polar surface area (TPSA) is 52.6 Å². The van der Waals surface area contributed by atoms with Crippen molar-refractivity contribution in [3.8, 4) is 0 Å². The molecule has 1 aliphatic rings. The molecule has 1 aromatic carbocycles. The molecule has 0 radical (unpaired) electrons. The highest BCUT2D eigenvalue weighted by molar-refractivity contribution is 5.74. The minimum absolute atomic E-state index is 0.0527. The minimum atomic E-state index is -0.373. The Kier molecular flexibility index (Phi) is 5.46. The van der Waals surface area contributed by atoms with Crippen molar-refractivity contribution in [1.29, 1.82) is 0 Å². The number of hydrogen-bond donors (Lipinski definition) is 2. The van der Waals surface area contributed by atoms with Gasteiger partial charge >= 0.3 is 6.03 Å². The van der Waals surface area contributed by atoms with Crippen LogP contribution in [0, 0.1) is 12.8 Å². The summed E-state index contributed by atoms with van der Waals surface area (Å²) in [6, 6.07) is 8.76. The van der Waals surface area contributed by atoms with E-state index in [1.165, 1.54) is 11.1 Å². The van der Waals surface area contributed by atoms with E-state index in [0.717, 1.165) is 6.42 Å². The summed E-state index contributed by atoms with van der Waals surface area (Å²) in [5, 5.41) is 12.4. The lowest BCUT2D eigenvalue weighted by atomic mass is 10.0. The number of urea groups is 1. The van der Waals surface area contributed by atoms with Crippen molar-refractivity contribution in [2.24, 2.45) is 5.92 Å². The maximum absolute atomic E-state index is 12.1. The van der Waals surface area contributed by atoms with Crippen LogP contribution in [-0.4, -0.2) is 41.8 Å². The molecule has 22 heavy (non-hydrogen) atoms. The predicted molar refractivity (Wildman–Crippen MR) is 88.9 cm³/mol. The summed E-state index contributed by atoms with van der Waals surface area (Å²) in [4.78, 5) is 13.8. The van der Waals surface area contributed by atoms with E-state index < -0.39 is 0 Å². The summed E-state index contributed by atoms with van der Waals surface area (Å²) in [5.74, 6) is 1.09. The standard InChI is InChI=1S/C18H28N2O2/c1-12-6-5-7-15(10-12)17-11-16(17)14(3)19-18(22)20(4)9-8-13(2)21/h5-7,10,13-14,16-17,21H,8-9,11H2,1-4H3,(H,19,22)/t13-,14+,16+,17-/m0/s1. The molecule has 0 aromatic heterocycles. The molecule has 122 valence electrons. The fourth-order valence-corrected chi connectivity index (χ4v) is 2.95. The number of aliphatic hydroxyl groups is 1. The third kappa shape index (κ3) is 4.47. The second-order valence-corrected chi connectivity index (χ2v) is 6.72.